The summed E-state index contributed by atoms with van der Waals surface area (Å²) in [5, 5.41) is 8.93. The highest BCUT2D eigenvalue weighted by Gasteiger charge is 2.24. The summed E-state index contributed by atoms with van der Waals surface area (Å²) in [6.45, 7) is 4.04. The summed E-state index contributed by atoms with van der Waals surface area (Å²) >= 11 is 0. The van der Waals surface area contributed by atoms with Gasteiger partial charge in [0.15, 0.2) is 0 Å². The quantitative estimate of drug-likeness (QED) is 0.875. The minimum absolute atomic E-state index is 0.190. The first-order valence-electron chi connectivity index (χ1n) is 7.53. The lowest BCUT2D eigenvalue weighted by atomic mass is 9.77. The molecule has 1 saturated carbocycles. The smallest absolute Gasteiger partial charge is 0.303 e. The maximum Gasteiger partial charge on any atom is 0.303 e. The van der Waals surface area contributed by atoms with Gasteiger partial charge in [-0.1, -0.05) is 18.6 Å². The number of hydrogen-bond acceptors (Lipinski definition) is 2. The molecule has 1 aromatic rings. The van der Waals surface area contributed by atoms with Crippen LogP contribution in [0.25, 0.3) is 0 Å². The average molecular weight is 276 g/mol. The molecular formula is C17H24O3. The number of carboxylic acid groups (broad SMARTS) is 1. The van der Waals surface area contributed by atoms with Crippen molar-refractivity contribution in [1.29, 1.82) is 0 Å². The van der Waals surface area contributed by atoms with Gasteiger partial charge in [0.2, 0.25) is 0 Å². The molecule has 1 N–H and O–H groups in total. The Labute approximate surface area is 121 Å². The minimum Gasteiger partial charge on any atom is -0.491 e. The second-order valence-corrected chi connectivity index (χ2v) is 6.06. The summed E-state index contributed by atoms with van der Waals surface area (Å²) in [7, 11) is 0. The van der Waals surface area contributed by atoms with E-state index in [4.69, 9.17) is 9.84 Å². The van der Waals surface area contributed by atoms with Crippen LogP contribution in [0.15, 0.2) is 24.3 Å². The van der Waals surface area contributed by atoms with Crippen molar-refractivity contribution in [1.82, 2.24) is 0 Å². The van der Waals surface area contributed by atoms with Gasteiger partial charge in [-0.3, -0.25) is 4.79 Å². The molecule has 20 heavy (non-hydrogen) atoms. The fourth-order valence-electron chi connectivity index (χ4n) is 3.12. The molecule has 2 atom stereocenters. The molecule has 1 aromatic carbocycles. The van der Waals surface area contributed by atoms with Crippen LogP contribution in [0.2, 0.25) is 0 Å². The molecule has 0 unspecified atom stereocenters. The van der Waals surface area contributed by atoms with Gasteiger partial charge in [0.1, 0.15) is 5.75 Å². The second kappa shape index (κ2) is 6.78. The summed E-state index contributed by atoms with van der Waals surface area (Å²) in [6.07, 6.45) is 4.85. The van der Waals surface area contributed by atoms with Gasteiger partial charge in [0.25, 0.3) is 0 Å². The van der Waals surface area contributed by atoms with Gasteiger partial charge in [-0.2, -0.15) is 0 Å². The zero-order chi connectivity index (χ0) is 14.5. The van der Waals surface area contributed by atoms with Crippen LogP contribution in [0.3, 0.4) is 0 Å². The zero-order valence-corrected chi connectivity index (χ0v) is 12.3. The van der Waals surface area contributed by atoms with E-state index in [0.29, 0.717) is 18.3 Å². The third-order valence-corrected chi connectivity index (χ3v) is 3.97. The highest BCUT2D eigenvalue weighted by atomic mass is 16.5. The molecule has 0 heterocycles. The average Bonchev–Trinajstić information content (AvgIpc) is 2.38. The van der Waals surface area contributed by atoms with Crippen LogP contribution in [-0.2, 0) is 4.79 Å². The van der Waals surface area contributed by atoms with Crippen LogP contribution in [0.4, 0.5) is 0 Å². The Hall–Kier alpha value is -1.51. The lowest BCUT2D eigenvalue weighted by molar-refractivity contribution is -0.138. The van der Waals surface area contributed by atoms with Crippen molar-refractivity contribution in [2.75, 3.05) is 0 Å². The van der Waals surface area contributed by atoms with Gasteiger partial charge in [-0.05, 0) is 62.6 Å². The van der Waals surface area contributed by atoms with Crippen LogP contribution in [0.5, 0.6) is 5.75 Å². The molecule has 3 heteroatoms. The van der Waals surface area contributed by atoms with Crippen molar-refractivity contribution in [2.24, 2.45) is 5.92 Å². The summed E-state index contributed by atoms with van der Waals surface area (Å²) in [5.41, 5.74) is 1.32. The van der Waals surface area contributed by atoms with Crippen molar-refractivity contribution in [3.8, 4) is 5.75 Å². The van der Waals surface area contributed by atoms with E-state index in [2.05, 4.69) is 12.1 Å². The largest absolute Gasteiger partial charge is 0.491 e. The summed E-state index contributed by atoms with van der Waals surface area (Å²) in [5.74, 6) is 1.07. The normalized spacial score (nSPS) is 22.8. The predicted molar refractivity (Wildman–Crippen MR) is 79.2 cm³/mol. The topological polar surface area (TPSA) is 46.5 Å². The highest BCUT2D eigenvalue weighted by molar-refractivity contribution is 5.67. The molecule has 0 radical (unpaired) electrons. The molecule has 0 aliphatic heterocycles. The Bertz CT molecular complexity index is 436. The molecular weight excluding hydrogens is 252 g/mol. The van der Waals surface area contributed by atoms with Gasteiger partial charge < -0.3 is 9.84 Å². The molecule has 0 amide bonds. The zero-order valence-electron chi connectivity index (χ0n) is 12.3. The maximum absolute atomic E-state index is 10.8. The second-order valence-electron chi connectivity index (χ2n) is 6.06. The van der Waals surface area contributed by atoms with Crippen LogP contribution in [-0.4, -0.2) is 17.2 Å². The molecule has 1 fully saturated rings. The Balaban J connectivity index is 1.98. The third kappa shape index (κ3) is 4.26. The lowest BCUT2D eigenvalue weighted by Crippen LogP contribution is -2.17. The first-order valence-corrected chi connectivity index (χ1v) is 7.53. The number of hydrogen-bond donors (Lipinski definition) is 1. The molecule has 110 valence electrons. The number of ether oxygens (including phenoxy) is 1. The molecule has 1 aliphatic carbocycles. The van der Waals surface area contributed by atoms with E-state index in [-0.39, 0.29) is 6.10 Å². The first-order chi connectivity index (χ1) is 9.54. The standard InChI is InChI=1S/C17H24O3/c1-12(2)20-16-8-6-14(7-9-16)15-5-3-4-13(10-15)11-17(18)19/h6-9,12-13,15H,3-5,10-11H2,1-2H3,(H,18,19)/t13-,15+/m1/s1. The fraction of sp³-hybridized carbons (Fsp3) is 0.588. The minimum atomic E-state index is -0.670. The van der Waals surface area contributed by atoms with Crippen molar-refractivity contribution in [2.45, 2.75) is 58.0 Å². The van der Waals surface area contributed by atoms with E-state index in [0.717, 1.165) is 25.0 Å². The molecule has 1 aliphatic rings. The molecule has 3 nitrogen and oxygen atoms in total. The first kappa shape index (κ1) is 14.9. The SMILES string of the molecule is CC(C)Oc1ccc([C@H]2CCC[C@@H](CC(=O)O)C2)cc1. The van der Waals surface area contributed by atoms with Crippen molar-refractivity contribution in [3.05, 3.63) is 29.8 Å². The summed E-state index contributed by atoms with van der Waals surface area (Å²) in [4.78, 5) is 10.8. The number of carboxylic acids is 1. The van der Waals surface area contributed by atoms with Crippen molar-refractivity contribution in [3.63, 3.8) is 0 Å². The monoisotopic (exact) mass is 276 g/mol. The number of aliphatic carboxylic acids is 1. The molecule has 2 rings (SSSR count). The van der Waals surface area contributed by atoms with Crippen LogP contribution >= 0.6 is 0 Å². The summed E-state index contributed by atoms with van der Waals surface area (Å²) < 4.78 is 5.65. The molecule has 0 bridgehead atoms. The molecule has 0 saturated heterocycles. The third-order valence-electron chi connectivity index (χ3n) is 3.97. The Morgan fingerprint density at radius 3 is 2.60 bits per heavy atom. The van der Waals surface area contributed by atoms with Crippen LogP contribution < -0.4 is 4.74 Å². The maximum atomic E-state index is 10.8. The van der Waals surface area contributed by atoms with Gasteiger partial charge in [-0.15, -0.1) is 0 Å². The van der Waals surface area contributed by atoms with E-state index in [1.54, 1.807) is 0 Å². The number of benzene rings is 1. The Kier molecular flexibility index (Phi) is 5.05. The van der Waals surface area contributed by atoms with Crippen molar-refractivity contribution < 1.29 is 14.6 Å². The van der Waals surface area contributed by atoms with Gasteiger partial charge in [0.05, 0.1) is 6.10 Å². The van der Waals surface area contributed by atoms with Crippen molar-refractivity contribution >= 4 is 5.97 Å². The summed E-state index contributed by atoms with van der Waals surface area (Å²) in [6, 6.07) is 8.31. The molecule has 0 aromatic heterocycles. The fourth-order valence-corrected chi connectivity index (χ4v) is 3.12. The highest BCUT2D eigenvalue weighted by Crippen LogP contribution is 2.38. The van der Waals surface area contributed by atoms with E-state index >= 15 is 0 Å². The van der Waals surface area contributed by atoms with E-state index in [1.807, 2.05) is 26.0 Å². The van der Waals surface area contributed by atoms with E-state index < -0.39 is 5.97 Å². The van der Waals surface area contributed by atoms with E-state index in [9.17, 15) is 4.79 Å². The predicted octanol–water partition coefficient (Wildman–Crippen LogP) is 4.22. The van der Waals surface area contributed by atoms with Gasteiger partial charge >= 0.3 is 5.97 Å². The number of carbonyl (C=O) groups is 1. The Morgan fingerprint density at radius 2 is 2.00 bits per heavy atom. The number of rotatable bonds is 5. The Morgan fingerprint density at radius 1 is 1.30 bits per heavy atom. The van der Waals surface area contributed by atoms with Gasteiger partial charge in [0, 0.05) is 6.42 Å². The van der Waals surface area contributed by atoms with Gasteiger partial charge in [-0.25, -0.2) is 0 Å². The lowest BCUT2D eigenvalue weighted by Gasteiger charge is -2.28. The van der Waals surface area contributed by atoms with Crippen LogP contribution in [0, 0.1) is 5.92 Å². The van der Waals surface area contributed by atoms with Crippen LogP contribution in [0.1, 0.15) is 57.4 Å². The van der Waals surface area contributed by atoms with E-state index in [1.165, 1.54) is 12.0 Å². The molecule has 0 spiro atoms.